The Labute approximate surface area is 91.9 Å². The molecular weight excluding hydrogens is 210 g/mol. The van der Waals surface area contributed by atoms with E-state index in [4.69, 9.17) is 5.73 Å². The largest absolute Gasteiger partial charge is 0.355 e. The highest BCUT2D eigenvalue weighted by Crippen LogP contribution is 2.17. The Kier molecular flexibility index (Phi) is 3.33. The van der Waals surface area contributed by atoms with Gasteiger partial charge < -0.3 is 10.6 Å². The van der Waals surface area contributed by atoms with Crippen LogP contribution in [0.3, 0.4) is 0 Å². The Morgan fingerprint density at radius 2 is 2.20 bits per heavy atom. The zero-order valence-electron chi connectivity index (χ0n) is 8.56. The van der Waals surface area contributed by atoms with E-state index in [2.05, 4.69) is 9.88 Å². The van der Waals surface area contributed by atoms with Crippen molar-refractivity contribution in [2.45, 2.75) is 6.54 Å². The van der Waals surface area contributed by atoms with Gasteiger partial charge in [0.1, 0.15) is 5.82 Å². The molecule has 0 aromatic carbocycles. The molecule has 1 aliphatic heterocycles. The van der Waals surface area contributed by atoms with Gasteiger partial charge in [0.15, 0.2) is 0 Å². The summed E-state index contributed by atoms with van der Waals surface area (Å²) in [7, 11) is -0.644. The monoisotopic (exact) mass is 225 g/mol. The molecule has 2 heterocycles. The highest BCUT2D eigenvalue weighted by atomic mass is 32.2. The van der Waals surface area contributed by atoms with Crippen LogP contribution >= 0.6 is 0 Å². The molecule has 1 saturated heterocycles. The summed E-state index contributed by atoms with van der Waals surface area (Å²) < 4.78 is 11.2. The first-order valence-corrected chi connectivity index (χ1v) is 6.54. The number of nitrogens with two attached hydrogens (primary N) is 1. The Morgan fingerprint density at radius 3 is 2.87 bits per heavy atom. The van der Waals surface area contributed by atoms with E-state index in [1.54, 1.807) is 6.20 Å². The molecule has 0 spiro atoms. The maximum Gasteiger partial charge on any atom is 0.133 e. The van der Waals surface area contributed by atoms with Gasteiger partial charge in [-0.2, -0.15) is 0 Å². The first kappa shape index (κ1) is 10.6. The van der Waals surface area contributed by atoms with E-state index in [0.717, 1.165) is 36.0 Å². The molecule has 4 nitrogen and oxygen atoms in total. The molecular formula is C10H15N3OS. The highest BCUT2D eigenvalue weighted by Gasteiger charge is 2.18. The van der Waals surface area contributed by atoms with Crippen LogP contribution in [0.25, 0.3) is 0 Å². The number of nitrogens with zero attached hydrogens (tertiary/aromatic N) is 2. The van der Waals surface area contributed by atoms with E-state index in [-0.39, 0.29) is 0 Å². The average molecular weight is 225 g/mol. The SMILES string of the molecule is NCc1cccnc1N1CCS(=O)CC1. The normalized spacial score (nSPS) is 18.1. The predicted molar refractivity (Wildman–Crippen MR) is 62.2 cm³/mol. The third kappa shape index (κ3) is 2.35. The van der Waals surface area contributed by atoms with Crippen molar-refractivity contribution in [3.8, 4) is 0 Å². The third-order valence-corrected chi connectivity index (χ3v) is 3.84. The van der Waals surface area contributed by atoms with Crippen LogP contribution in [0.4, 0.5) is 5.82 Å². The Bertz CT molecular complexity index is 359. The zero-order valence-corrected chi connectivity index (χ0v) is 9.37. The van der Waals surface area contributed by atoms with Crippen molar-refractivity contribution in [3.05, 3.63) is 23.9 Å². The van der Waals surface area contributed by atoms with Crippen molar-refractivity contribution in [3.63, 3.8) is 0 Å². The van der Waals surface area contributed by atoms with Gasteiger partial charge in [-0.15, -0.1) is 0 Å². The standard InChI is InChI=1S/C10H15N3OS/c11-8-9-2-1-3-12-10(9)13-4-6-15(14)7-5-13/h1-3H,4-8,11H2. The quantitative estimate of drug-likeness (QED) is 0.776. The number of rotatable bonds is 2. The van der Waals surface area contributed by atoms with Gasteiger partial charge in [-0.3, -0.25) is 4.21 Å². The summed E-state index contributed by atoms with van der Waals surface area (Å²) in [5, 5.41) is 0. The van der Waals surface area contributed by atoms with Gasteiger partial charge in [0.25, 0.3) is 0 Å². The van der Waals surface area contributed by atoms with Gasteiger partial charge in [-0.1, -0.05) is 6.07 Å². The van der Waals surface area contributed by atoms with Gasteiger partial charge >= 0.3 is 0 Å². The minimum Gasteiger partial charge on any atom is -0.355 e. The van der Waals surface area contributed by atoms with Gasteiger partial charge in [0.05, 0.1) is 0 Å². The van der Waals surface area contributed by atoms with Crippen LogP contribution in [0.1, 0.15) is 5.56 Å². The fourth-order valence-corrected chi connectivity index (χ4v) is 2.78. The number of anilines is 1. The second kappa shape index (κ2) is 4.72. The number of hydrogen-bond acceptors (Lipinski definition) is 4. The number of aromatic nitrogens is 1. The molecule has 0 radical (unpaired) electrons. The second-order valence-electron chi connectivity index (χ2n) is 3.53. The molecule has 2 rings (SSSR count). The van der Waals surface area contributed by atoms with E-state index in [1.807, 2.05) is 12.1 Å². The summed E-state index contributed by atoms with van der Waals surface area (Å²) in [5.41, 5.74) is 6.72. The van der Waals surface area contributed by atoms with E-state index >= 15 is 0 Å². The van der Waals surface area contributed by atoms with Crippen molar-refractivity contribution in [2.75, 3.05) is 29.5 Å². The van der Waals surface area contributed by atoms with Crippen LogP contribution in [0.2, 0.25) is 0 Å². The van der Waals surface area contributed by atoms with Crippen LogP contribution in [0.5, 0.6) is 0 Å². The lowest BCUT2D eigenvalue weighted by Crippen LogP contribution is -2.38. The van der Waals surface area contributed by atoms with Crippen molar-refractivity contribution < 1.29 is 4.21 Å². The molecule has 0 bridgehead atoms. The molecule has 0 amide bonds. The van der Waals surface area contributed by atoms with E-state index in [0.29, 0.717) is 6.54 Å². The van der Waals surface area contributed by atoms with Crippen LogP contribution in [-0.4, -0.2) is 33.8 Å². The van der Waals surface area contributed by atoms with E-state index in [9.17, 15) is 4.21 Å². The molecule has 1 aromatic rings. The van der Waals surface area contributed by atoms with Crippen molar-refractivity contribution in [1.29, 1.82) is 0 Å². The summed E-state index contributed by atoms with van der Waals surface area (Å²) in [6, 6.07) is 3.89. The van der Waals surface area contributed by atoms with Gasteiger partial charge in [-0.05, 0) is 6.07 Å². The van der Waals surface area contributed by atoms with Crippen LogP contribution in [0.15, 0.2) is 18.3 Å². The van der Waals surface area contributed by atoms with Crippen molar-refractivity contribution in [2.24, 2.45) is 5.73 Å². The lowest BCUT2D eigenvalue weighted by molar-refractivity contribution is 0.672. The maximum absolute atomic E-state index is 11.2. The first-order valence-electron chi connectivity index (χ1n) is 5.05. The summed E-state index contributed by atoms with van der Waals surface area (Å²) in [5.74, 6) is 2.43. The molecule has 1 aromatic heterocycles. The summed E-state index contributed by atoms with van der Waals surface area (Å²) in [6.07, 6.45) is 1.78. The minimum atomic E-state index is -0.644. The van der Waals surface area contributed by atoms with Gasteiger partial charge in [0.2, 0.25) is 0 Å². The Hall–Kier alpha value is -0.940. The Morgan fingerprint density at radius 1 is 1.47 bits per heavy atom. The fourth-order valence-electron chi connectivity index (χ4n) is 1.72. The zero-order chi connectivity index (χ0) is 10.7. The lowest BCUT2D eigenvalue weighted by Gasteiger charge is -2.28. The van der Waals surface area contributed by atoms with E-state index < -0.39 is 10.8 Å². The molecule has 0 atom stereocenters. The number of hydrogen-bond donors (Lipinski definition) is 1. The minimum absolute atomic E-state index is 0.503. The van der Waals surface area contributed by atoms with Crippen LogP contribution in [0, 0.1) is 0 Å². The lowest BCUT2D eigenvalue weighted by atomic mass is 10.2. The van der Waals surface area contributed by atoms with E-state index in [1.165, 1.54) is 0 Å². The summed E-state index contributed by atoms with van der Waals surface area (Å²) in [6.45, 7) is 2.13. The average Bonchev–Trinajstić information content (AvgIpc) is 2.30. The summed E-state index contributed by atoms with van der Waals surface area (Å²) >= 11 is 0. The molecule has 82 valence electrons. The summed E-state index contributed by atoms with van der Waals surface area (Å²) in [4.78, 5) is 6.52. The van der Waals surface area contributed by atoms with Gasteiger partial charge in [0, 0.05) is 53.7 Å². The second-order valence-corrected chi connectivity index (χ2v) is 5.22. The number of pyridine rings is 1. The van der Waals surface area contributed by atoms with Crippen LogP contribution < -0.4 is 10.6 Å². The van der Waals surface area contributed by atoms with Crippen molar-refractivity contribution in [1.82, 2.24) is 4.98 Å². The first-order chi connectivity index (χ1) is 7.31. The Balaban J connectivity index is 2.18. The van der Waals surface area contributed by atoms with Crippen LogP contribution in [-0.2, 0) is 17.3 Å². The molecule has 5 heteroatoms. The molecule has 2 N–H and O–H groups in total. The fraction of sp³-hybridized carbons (Fsp3) is 0.500. The molecule has 1 aliphatic rings. The predicted octanol–water partition coefficient (Wildman–Crippen LogP) is 0.109. The third-order valence-electron chi connectivity index (χ3n) is 2.56. The molecule has 1 fully saturated rings. The smallest absolute Gasteiger partial charge is 0.133 e. The topological polar surface area (TPSA) is 59.2 Å². The molecule has 0 unspecified atom stereocenters. The molecule has 15 heavy (non-hydrogen) atoms. The maximum atomic E-state index is 11.2. The molecule has 0 aliphatic carbocycles. The highest BCUT2D eigenvalue weighted by molar-refractivity contribution is 7.85. The molecule has 0 saturated carbocycles. The van der Waals surface area contributed by atoms with Gasteiger partial charge in [-0.25, -0.2) is 4.98 Å². The van der Waals surface area contributed by atoms with Crippen molar-refractivity contribution >= 4 is 16.6 Å².